The van der Waals surface area contributed by atoms with Gasteiger partial charge in [0.15, 0.2) is 0 Å². The lowest BCUT2D eigenvalue weighted by atomic mass is 10.2. The number of hydrogen-bond acceptors (Lipinski definition) is 3. The van der Waals surface area contributed by atoms with Crippen molar-refractivity contribution >= 4 is 15.9 Å². The maximum absolute atomic E-state index is 13.3. The third kappa shape index (κ3) is 4.75. The van der Waals surface area contributed by atoms with Gasteiger partial charge in [0.1, 0.15) is 17.4 Å². The average molecular weight is 357 g/mol. The normalized spacial score (nSPS) is 11.0. The number of aromatic nitrogens is 1. The van der Waals surface area contributed by atoms with E-state index in [-0.39, 0.29) is 11.9 Å². The molecule has 0 radical (unpaired) electrons. The largest absolute Gasteiger partial charge is 0.439 e. The van der Waals surface area contributed by atoms with E-state index in [0.29, 0.717) is 22.3 Å². The number of nitrogens with zero attached hydrogens (tertiary/aromatic N) is 1. The number of rotatable bonds is 5. The average Bonchev–Trinajstić information content (AvgIpc) is 2.37. The minimum Gasteiger partial charge on any atom is -0.439 e. The molecule has 1 aromatic carbocycles. The van der Waals surface area contributed by atoms with Gasteiger partial charge < -0.3 is 10.1 Å². The molecule has 3 nitrogen and oxygen atoms in total. The van der Waals surface area contributed by atoms with E-state index in [2.05, 4.69) is 26.2 Å². The lowest BCUT2D eigenvalue weighted by Gasteiger charge is -2.13. The predicted molar refractivity (Wildman–Crippen MR) is 80.3 cm³/mol. The molecule has 0 bridgehead atoms. The molecule has 6 heteroatoms. The lowest BCUT2D eigenvalue weighted by Crippen LogP contribution is -2.22. The molecular formula is C15H15BrF2N2O. The Morgan fingerprint density at radius 1 is 1.19 bits per heavy atom. The first-order valence-corrected chi connectivity index (χ1v) is 7.25. The van der Waals surface area contributed by atoms with Gasteiger partial charge in [0.25, 0.3) is 0 Å². The van der Waals surface area contributed by atoms with Gasteiger partial charge in [-0.15, -0.1) is 0 Å². The third-order valence-corrected chi connectivity index (χ3v) is 3.10. The van der Waals surface area contributed by atoms with Gasteiger partial charge in [0.05, 0.1) is 6.20 Å². The van der Waals surface area contributed by atoms with Crippen molar-refractivity contribution in [2.24, 2.45) is 0 Å². The summed E-state index contributed by atoms with van der Waals surface area (Å²) < 4.78 is 32.8. The van der Waals surface area contributed by atoms with Crippen LogP contribution in [-0.2, 0) is 6.54 Å². The number of pyridine rings is 1. The first-order chi connectivity index (χ1) is 9.94. The van der Waals surface area contributed by atoms with E-state index in [0.717, 1.165) is 6.20 Å². The minimum atomic E-state index is -0.441. The molecule has 0 fully saturated rings. The van der Waals surface area contributed by atoms with Gasteiger partial charge in [-0.2, -0.15) is 0 Å². The van der Waals surface area contributed by atoms with Crippen molar-refractivity contribution in [3.63, 3.8) is 0 Å². The molecule has 0 saturated carbocycles. The molecule has 21 heavy (non-hydrogen) atoms. The van der Waals surface area contributed by atoms with E-state index in [1.54, 1.807) is 6.07 Å². The zero-order chi connectivity index (χ0) is 15.4. The van der Waals surface area contributed by atoms with Crippen LogP contribution in [0.3, 0.4) is 0 Å². The monoisotopic (exact) mass is 356 g/mol. The predicted octanol–water partition coefficient (Wildman–Crippen LogP) is 4.41. The summed E-state index contributed by atoms with van der Waals surface area (Å²) in [6.45, 7) is 4.38. The van der Waals surface area contributed by atoms with Crippen LogP contribution in [0.1, 0.15) is 19.4 Å². The Labute approximate surface area is 130 Å². The fourth-order valence-electron chi connectivity index (χ4n) is 1.70. The Bertz CT molecular complexity index is 615. The van der Waals surface area contributed by atoms with Gasteiger partial charge >= 0.3 is 0 Å². The number of ether oxygens (including phenoxy) is 1. The van der Waals surface area contributed by atoms with Gasteiger partial charge in [-0.05, 0) is 18.2 Å². The Kier molecular flexibility index (Phi) is 5.25. The SMILES string of the molecule is CC(C)NCc1cc(F)cnc1Oc1cc(F)cc(Br)c1. The zero-order valence-electron chi connectivity index (χ0n) is 11.7. The second-order valence-electron chi connectivity index (χ2n) is 4.86. The van der Waals surface area contributed by atoms with Crippen LogP contribution in [0.5, 0.6) is 11.6 Å². The van der Waals surface area contributed by atoms with Crippen molar-refractivity contribution in [3.05, 3.63) is 52.1 Å². The van der Waals surface area contributed by atoms with E-state index >= 15 is 0 Å². The van der Waals surface area contributed by atoms with E-state index in [1.807, 2.05) is 13.8 Å². The molecule has 112 valence electrons. The molecule has 0 aliphatic heterocycles. The zero-order valence-corrected chi connectivity index (χ0v) is 13.2. The van der Waals surface area contributed by atoms with E-state index in [1.165, 1.54) is 18.2 Å². The summed E-state index contributed by atoms with van der Waals surface area (Å²) in [6.07, 6.45) is 1.07. The fourth-order valence-corrected chi connectivity index (χ4v) is 2.14. The number of benzene rings is 1. The fraction of sp³-hybridized carbons (Fsp3) is 0.267. The van der Waals surface area contributed by atoms with E-state index in [9.17, 15) is 8.78 Å². The molecule has 0 amide bonds. The van der Waals surface area contributed by atoms with Crippen molar-refractivity contribution in [1.82, 2.24) is 10.3 Å². The summed E-state index contributed by atoms with van der Waals surface area (Å²) in [5.74, 6) is -0.319. The van der Waals surface area contributed by atoms with E-state index in [4.69, 9.17) is 4.74 Å². The van der Waals surface area contributed by atoms with Crippen LogP contribution >= 0.6 is 15.9 Å². The summed E-state index contributed by atoms with van der Waals surface area (Å²) in [7, 11) is 0. The first kappa shape index (κ1) is 15.9. The van der Waals surface area contributed by atoms with Crippen LogP contribution < -0.4 is 10.1 Å². The Morgan fingerprint density at radius 3 is 2.62 bits per heavy atom. The molecule has 1 aromatic heterocycles. The van der Waals surface area contributed by atoms with Crippen LogP contribution in [0.2, 0.25) is 0 Å². The Morgan fingerprint density at radius 2 is 1.95 bits per heavy atom. The van der Waals surface area contributed by atoms with Gasteiger partial charge in [-0.1, -0.05) is 29.8 Å². The van der Waals surface area contributed by atoms with Crippen molar-refractivity contribution in [1.29, 1.82) is 0 Å². The quantitative estimate of drug-likeness (QED) is 0.861. The van der Waals surface area contributed by atoms with Crippen molar-refractivity contribution in [3.8, 4) is 11.6 Å². The first-order valence-electron chi connectivity index (χ1n) is 6.46. The summed E-state index contributed by atoms with van der Waals surface area (Å²) in [4.78, 5) is 3.94. The highest BCUT2D eigenvalue weighted by atomic mass is 79.9. The number of nitrogens with one attached hydrogen (secondary N) is 1. The van der Waals surface area contributed by atoms with Crippen LogP contribution in [0, 0.1) is 11.6 Å². The molecule has 2 aromatic rings. The molecular weight excluding hydrogens is 342 g/mol. The molecule has 0 aliphatic carbocycles. The molecule has 0 atom stereocenters. The highest BCUT2D eigenvalue weighted by molar-refractivity contribution is 9.10. The minimum absolute atomic E-state index is 0.240. The maximum atomic E-state index is 13.3. The Balaban J connectivity index is 2.25. The number of hydrogen-bond donors (Lipinski definition) is 1. The van der Waals surface area contributed by atoms with Gasteiger partial charge in [-0.25, -0.2) is 13.8 Å². The maximum Gasteiger partial charge on any atom is 0.223 e. The molecule has 2 rings (SSSR count). The molecule has 0 unspecified atom stereocenters. The standard InChI is InChI=1S/C15H15BrF2N2O/c1-9(2)19-7-10-3-13(18)8-20-15(10)21-14-5-11(16)4-12(17)6-14/h3-6,8-9,19H,7H2,1-2H3. The van der Waals surface area contributed by atoms with Gasteiger partial charge in [-0.3, -0.25) is 0 Å². The summed E-state index contributed by atoms with van der Waals surface area (Å²) in [5, 5.41) is 3.17. The van der Waals surface area contributed by atoms with E-state index < -0.39 is 11.6 Å². The second kappa shape index (κ2) is 6.95. The highest BCUT2D eigenvalue weighted by Gasteiger charge is 2.10. The smallest absolute Gasteiger partial charge is 0.223 e. The number of halogens is 3. The molecule has 0 aliphatic rings. The molecule has 0 saturated heterocycles. The summed E-state index contributed by atoms with van der Waals surface area (Å²) >= 11 is 3.19. The van der Waals surface area contributed by atoms with Crippen molar-refractivity contribution in [2.75, 3.05) is 0 Å². The molecule has 0 spiro atoms. The van der Waals surface area contributed by atoms with Crippen LogP contribution in [0.25, 0.3) is 0 Å². The lowest BCUT2D eigenvalue weighted by molar-refractivity contribution is 0.441. The summed E-state index contributed by atoms with van der Waals surface area (Å²) in [5.41, 5.74) is 0.573. The van der Waals surface area contributed by atoms with Crippen LogP contribution in [0.4, 0.5) is 8.78 Å². The molecule has 1 heterocycles. The Hall–Kier alpha value is -1.53. The van der Waals surface area contributed by atoms with Gasteiger partial charge in [0, 0.05) is 28.7 Å². The topological polar surface area (TPSA) is 34.2 Å². The second-order valence-corrected chi connectivity index (χ2v) is 5.78. The molecule has 1 N–H and O–H groups in total. The highest BCUT2D eigenvalue weighted by Crippen LogP contribution is 2.27. The van der Waals surface area contributed by atoms with Gasteiger partial charge in [0.2, 0.25) is 5.88 Å². The third-order valence-electron chi connectivity index (χ3n) is 2.64. The van der Waals surface area contributed by atoms with Crippen LogP contribution in [-0.4, -0.2) is 11.0 Å². The summed E-state index contributed by atoms with van der Waals surface area (Å²) in [6, 6.07) is 5.78. The van der Waals surface area contributed by atoms with Crippen molar-refractivity contribution in [2.45, 2.75) is 26.4 Å². The van der Waals surface area contributed by atoms with Crippen LogP contribution in [0.15, 0.2) is 34.9 Å². The van der Waals surface area contributed by atoms with Crippen molar-refractivity contribution < 1.29 is 13.5 Å².